The highest BCUT2D eigenvalue weighted by Crippen LogP contribution is 2.21. The lowest BCUT2D eigenvalue weighted by atomic mass is 9.84. The molecule has 0 spiro atoms. The normalized spacial score (nSPS) is 11.7. The zero-order valence-electron chi connectivity index (χ0n) is 10.00. The van der Waals surface area contributed by atoms with Crippen LogP contribution in [0.2, 0.25) is 0 Å². The van der Waals surface area contributed by atoms with Crippen molar-refractivity contribution in [1.29, 1.82) is 0 Å². The molecule has 0 bridgehead atoms. The molecule has 0 saturated heterocycles. The summed E-state index contributed by atoms with van der Waals surface area (Å²) in [5.41, 5.74) is 7.82. The largest absolute Gasteiger partial charge is 0.325 e. The van der Waals surface area contributed by atoms with E-state index in [0.29, 0.717) is 0 Å². The second-order valence-electron chi connectivity index (χ2n) is 4.52. The lowest BCUT2D eigenvalue weighted by Crippen LogP contribution is -2.41. The molecule has 0 aromatic heterocycles. The lowest BCUT2D eigenvalue weighted by Gasteiger charge is -2.29. The predicted molar refractivity (Wildman–Crippen MR) is 66.9 cm³/mol. The van der Waals surface area contributed by atoms with Crippen LogP contribution in [0.15, 0.2) is 30.3 Å². The van der Waals surface area contributed by atoms with Gasteiger partial charge in [-0.25, -0.2) is 0 Å². The first-order valence-electron chi connectivity index (χ1n) is 6.03. The minimum absolute atomic E-state index is 0.00481. The van der Waals surface area contributed by atoms with E-state index in [-0.39, 0.29) is 5.54 Å². The Bertz CT molecular complexity index is 260. The van der Waals surface area contributed by atoms with Crippen LogP contribution in [0.3, 0.4) is 0 Å². The summed E-state index contributed by atoms with van der Waals surface area (Å²) in [5, 5.41) is 0. The molecule has 2 N–H and O–H groups in total. The van der Waals surface area contributed by atoms with Crippen LogP contribution in [0.25, 0.3) is 0 Å². The third-order valence-electron chi connectivity index (χ3n) is 2.89. The molecule has 0 saturated carbocycles. The average Bonchev–Trinajstić information content (AvgIpc) is 2.19. The SMILES string of the molecule is CCCC(N)(CCC)Cc1ccccc1. The van der Waals surface area contributed by atoms with E-state index in [0.717, 1.165) is 19.3 Å². The summed E-state index contributed by atoms with van der Waals surface area (Å²) in [6.07, 6.45) is 5.59. The minimum atomic E-state index is 0.00481. The maximum Gasteiger partial charge on any atom is 0.0194 e. The molecule has 15 heavy (non-hydrogen) atoms. The van der Waals surface area contributed by atoms with Crippen molar-refractivity contribution in [2.75, 3.05) is 0 Å². The minimum Gasteiger partial charge on any atom is -0.325 e. The van der Waals surface area contributed by atoms with Crippen molar-refractivity contribution in [3.8, 4) is 0 Å². The summed E-state index contributed by atoms with van der Waals surface area (Å²) in [6, 6.07) is 10.6. The summed E-state index contributed by atoms with van der Waals surface area (Å²) >= 11 is 0. The summed E-state index contributed by atoms with van der Waals surface area (Å²) in [7, 11) is 0. The molecule has 0 atom stereocenters. The third kappa shape index (κ3) is 4.05. The van der Waals surface area contributed by atoms with Gasteiger partial charge in [0.1, 0.15) is 0 Å². The monoisotopic (exact) mass is 205 g/mol. The number of hydrogen-bond donors (Lipinski definition) is 1. The summed E-state index contributed by atoms with van der Waals surface area (Å²) in [5.74, 6) is 0. The van der Waals surface area contributed by atoms with Crippen LogP contribution in [0.5, 0.6) is 0 Å². The van der Waals surface area contributed by atoms with Crippen molar-refractivity contribution in [3.05, 3.63) is 35.9 Å². The fourth-order valence-corrected chi connectivity index (χ4v) is 2.30. The molecule has 0 amide bonds. The molecule has 0 aliphatic rings. The predicted octanol–water partition coefficient (Wildman–Crippen LogP) is 3.53. The van der Waals surface area contributed by atoms with Gasteiger partial charge in [-0.1, -0.05) is 57.0 Å². The zero-order valence-corrected chi connectivity index (χ0v) is 10.00. The molecule has 1 nitrogen and oxygen atoms in total. The van der Waals surface area contributed by atoms with Gasteiger partial charge in [-0.2, -0.15) is 0 Å². The van der Waals surface area contributed by atoms with E-state index >= 15 is 0 Å². The molecule has 0 heterocycles. The van der Waals surface area contributed by atoms with Crippen LogP contribution in [0.4, 0.5) is 0 Å². The molecule has 0 radical (unpaired) electrons. The van der Waals surface area contributed by atoms with Crippen LogP contribution < -0.4 is 5.73 Å². The molecule has 0 aliphatic carbocycles. The smallest absolute Gasteiger partial charge is 0.0194 e. The molecule has 1 rings (SSSR count). The average molecular weight is 205 g/mol. The Morgan fingerprint density at radius 3 is 2.00 bits per heavy atom. The van der Waals surface area contributed by atoms with E-state index < -0.39 is 0 Å². The number of rotatable bonds is 6. The molecule has 1 aromatic carbocycles. The first-order valence-corrected chi connectivity index (χ1v) is 6.03. The molecular weight excluding hydrogens is 182 g/mol. The molecular formula is C14H23N. The summed E-state index contributed by atoms with van der Waals surface area (Å²) < 4.78 is 0. The van der Waals surface area contributed by atoms with Gasteiger partial charge in [-0.15, -0.1) is 0 Å². The van der Waals surface area contributed by atoms with Gasteiger partial charge in [0.2, 0.25) is 0 Å². The van der Waals surface area contributed by atoms with Gasteiger partial charge in [-0.3, -0.25) is 0 Å². The second-order valence-corrected chi connectivity index (χ2v) is 4.52. The van der Waals surface area contributed by atoms with Crippen LogP contribution in [-0.2, 0) is 6.42 Å². The quantitative estimate of drug-likeness (QED) is 0.755. The Morgan fingerprint density at radius 2 is 1.53 bits per heavy atom. The topological polar surface area (TPSA) is 26.0 Å². The highest BCUT2D eigenvalue weighted by atomic mass is 14.7. The first kappa shape index (κ1) is 12.3. The maximum absolute atomic E-state index is 6.45. The second kappa shape index (κ2) is 5.92. The van der Waals surface area contributed by atoms with E-state index in [2.05, 4.69) is 44.2 Å². The van der Waals surface area contributed by atoms with E-state index in [1.807, 2.05) is 0 Å². The standard InChI is InChI=1S/C14H23N/c1-3-10-14(15,11-4-2)12-13-8-6-5-7-9-13/h5-9H,3-4,10-12,15H2,1-2H3. The van der Waals surface area contributed by atoms with Crippen molar-refractivity contribution in [3.63, 3.8) is 0 Å². The van der Waals surface area contributed by atoms with E-state index in [9.17, 15) is 0 Å². The van der Waals surface area contributed by atoms with Gasteiger partial charge in [0.05, 0.1) is 0 Å². The maximum atomic E-state index is 6.45. The van der Waals surface area contributed by atoms with E-state index in [1.54, 1.807) is 0 Å². The van der Waals surface area contributed by atoms with Gasteiger partial charge in [0, 0.05) is 5.54 Å². The molecule has 0 unspecified atom stereocenters. The Morgan fingerprint density at radius 1 is 1.00 bits per heavy atom. The van der Waals surface area contributed by atoms with Crippen molar-refractivity contribution in [2.45, 2.75) is 51.5 Å². The molecule has 0 aliphatic heterocycles. The van der Waals surface area contributed by atoms with Crippen molar-refractivity contribution >= 4 is 0 Å². The molecule has 1 heteroatoms. The first-order chi connectivity index (χ1) is 7.20. The van der Waals surface area contributed by atoms with Crippen molar-refractivity contribution in [1.82, 2.24) is 0 Å². The Balaban J connectivity index is 2.66. The Kier molecular flexibility index (Phi) is 4.83. The zero-order chi connectivity index (χ0) is 11.1. The number of benzene rings is 1. The molecule has 84 valence electrons. The van der Waals surface area contributed by atoms with E-state index in [4.69, 9.17) is 5.73 Å². The van der Waals surface area contributed by atoms with Gasteiger partial charge in [0.15, 0.2) is 0 Å². The molecule has 0 fully saturated rings. The Hall–Kier alpha value is -0.820. The van der Waals surface area contributed by atoms with Crippen LogP contribution in [0.1, 0.15) is 45.1 Å². The van der Waals surface area contributed by atoms with Gasteiger partial charge in [0.25, 0.3) is 0 Å². The third-order valence-corrected chi connectivity index (χ3v) is 2.89. The van der Waals surface area contributed by atoms with Crippen LogP contribution in [-0.4, -0.2) is 5.54 Å². The van der Waals surface area contributed by atoms with Crippen molar-refractivity contribution < 1.29 is 0 Å². The summed E-state index contributed by atoms with van der Waals surface area (Å²) in [4.78, 5) is 0. The highest BCUT2D eigenvalue weighted by Gasteiger charge is 2.22. The van der Waals surface area contributed by atoms with Crippen LogP contribution >= 0.6 is 0 Å². The van der Waals surface area contributed by atoms with Gasteiger partial charge >= 0.3 is 0 Å². The van der Waals surface area contributed by atoms with Gasteiger partial charge in [-0.05, 0) is 24.8 Å². The lowest BCUT2D eigenvalue weighted by molar-refractivity contribution is 0.355. The summed E-state index contributed by atoms with van der Waals surface area (Å²) in [6.45, 7) is 4.42. The fourth-order valence-electron chi connectivity index (χ4n) is 2.30. The fraction of sp³-hybridized carbons (Fsp3) is 0.571. The van der Waals surface area contributed by atoms with Crippen molar-refractivity contribution in [2.24, 2.45) is 5.73 Å². The number of hydrogen-bond acceptors (Lipinski definition) is 1. The van der Waals surface area contributed by atoms with E-state index in [1.165, 1.54) is 18.4 Å². The van der Waals surface area contributed by atoms with Crippen LogP contribution in [0, 0.1) is 0 Å². The highest BCUT2D eigenvalue weighted by molar-refractivity contribution is 5.17. The molecule has 1 aromatic rings. The Labute approximate surface area is 93.7 Å². The number of nitrogens with two attached hydrogens (primary N) is 1. The van der Waals surface area contributed by atoms with Gasteiger partial charge < -0.3 is 5.73 Å².